The minimum Gasteiger partial charge on any atom is -0.479 e. The molecular formula is C24H21N3O5S. The largest absolute Gasteiger partial charge is 0.479 e. The van der Waals surface area contributed by atoms with Crippen LogP contribution in [0, 0.1) is 6.92 Å². The second kappa shape index (κ2) is 8.00. The molecule has 3 heterocycles. The SMILES string of the molecule is Cc1nc(-c2ccc3c(c2)N(CC(=O)c2ccc4c(c2)NC(=O)C(C)O4)C(=O)C(C)O3)cs1. The van der Waals surface area contributed by atoms with E-state index in [1.54, 1.807) is 49.4 Å². The summed E-state index contributed by atoms with van der Waals surface area (Å²) in [7, 11) is 0. The number of hydrogen-bond donors (Lipinski definition) is 1. The summed E-state index contributed by atoms with van der Waals surface area (Å²) in [6.45, 7) is 5.08. The van der Waals surface area contributed by atoms with Crippen molar-refractivity contribution < 1.29 is 23.9 Å². The number of ether oxygens (including phenoxy) is 2. The predicted octanol–water partition coefficient (Wildman–Crippen LogP) is 3.83. The molecule has 0 fully saturated rings. The van der Waals surface area contributed by atoms with E-state index < -0.39 is 12.2 Å². The molecule has 2 aliphatic rings. The van der Waals surface area contributed by atoms with Crippen LogP contribution in [0.1, 0.15) is 29.2 Å². The Morgan fingerprint density at radius 3 is 2.61 bits per heavy atom. The van der Waals surface area contributed by atoms with Gasteiger partial charge in [0.2, 0.25) is 0 Å². The lowest BCUT2D eigenvalue weighted by molar-refractivity contribution is -0.125. The van der Waals surface area contributed by atoms with Gasteiger partial charge in [0.25, 0.3) is 11.8 Å². The number of hydrogen-bond acceptors (Lipinski definition) is 7. The summed E-state index contributed by atoms with van der Waals surface area (Å²) in [5.74, 6) is 0.192. The molecule has 168 valence electrons. The number of amides is 2. The van der Waals surface area contributed by atoms with Crippen molar-refractivity contribution in [3.8, 4) is 22.8 Å². The highest BCUT2D eigenvalue weighted by Crippen LogP contribution is 2.38. The molecule has 1 aromatic heterocycles. The summed E-state index contributed by atoms with van der Waals surface area (Å²) >= 11 is 1.54. The van der Waals surface area contributed by atoms with Gasteiger partial charge in [0.05, 0.1) is 28.6 Å². The normalized spacial score (nSPS) is 19.2. The zero-order valence-corrected chi connectivity index (χ0v) is 19.1. The van der Waals surface area contributed by atoms with E-state index in [-0.39, 0.29) is 24.1 Å². The quantitative estimate of drug-likeness (QED) is 0.591. The third-order valence-electron chi connectivity index (χ3n) is 5.62. The Bertz CT molecular complexity index is 1300. The van der Waals surface area contributed by atoms with Crippen LogP contribution in [0.3, 0.4) is 0 Å². The molecule has 0 saturated carbocycles. The fourth-order valence-corrected chi connectivity index (χ4v) is 4.46. The van der Waals surface area contributed by atoms with Gasteiger partial charge in [-0.2, -0.15) is 0 Å². The fourth-order valence-electron chi connectivity index (χ4n) is 3.84. The highest BCUT2D eigenvalue weighted by atomic mass is 32.1. The lowest BCUT2D eigenvalue weighted by atomic mass is 10.0. The Labute approximate surface area is 194 Å². The molecule has 0 radical (unpaired) electrons. The highest BCUT2D eigenvalue weighted by molar-refractivity contribution is 7.09. The van der Waals surface area contributed by atoms with Crippen LogP contribution in [0.15, 0.2) is 41.8 Å². The lowest BCUT2D eigenvalue weighted by Gasteiger charge is -2.33. The fraction of sp³-hybridized carbons (Fsp3) is 0.250. The number of fused-ring (bicyclic) bond motifs is 2. The van der Waals surface area contributed by atoms with Crippen LogP contribution in [0.25, 0.3) is 11.3 Å². The smallest absolute Gasteiger partial charge is 0.268 e. The maximum absolute atomic E-state index is 13.2. The van der Waals surface area contributed by atoms with Gasteiger partial charge in [-0.3, -0.25) is 19.3 Å². The average molecular weight is 464 g/mol. The summed E-state index contributed by atoms with van der Waals surface area (Å²) < 4.78 is 11.3. The summed E-state index contributed by atoms with van der Waals surface area (Å²) in [4.78, 5) is 44.0. The number of nitrogens with one attached hydrogen (secondary N) is 1. The van der Waals surface area contributed by atoms with Crippen molar-refractivity contribution in [2.45, 2.75) is 33.0 Å². The standard InChI is InChI=1S/C24H21N3O5S/c1-12-23(29)26-17-8-16(5-6-21(17)31-12)20(28)10-27-19-9-15(18-11-33-14(3)25-18)4-7-22(19)32-13(2)24(27)30/h4-9,11-13H,10H2,1-3H3,(H,26,29). The monoisotopic (exact) mass is 463 g/mol. The Morgan fingerprint density at radius 2 is 1.85 bits per heavy atom. The molecular weight excluding hydrogens is 442 g/mol. The van der Waals surface area contributed by atoms with Gasteiger partial charge in [-0.15, -0.1) is 11.3 Å². The van der Waals surface area contributed by atoms with Crippen LogP contribution < -0.4 is 19.7 Å². The Balaban J connectivity index is 1.46. The van der Waals surface area contributed by atoms with E-state index >= 15 is 0 Å². The van der Waals surface area contributed by atoms with Crippen molar-refractivity contribution in [3.05, 3.63) is 52.3 Å². The van der Waals surface area contributed by atoms with Gasteiger partial charge in [0.15, 0.2) is 18.0 Å². The molecule has 2 atom stereocenters. The van der Waals surface area contributed by atoms with E-state index in [9.17, 15) is 14.4 Å². The zero-order valence-electron chi connectivity index (χ0n) is 18.2. The van der Waals surface area contributed by atoms with Crippen LogP contribution in [0.4, 0.5) is 11.4 Å². The lowest BCUT2D eigenvalue weighted by Crippen LogP contribution is -2.46. The number of aryl methyl sites for hydroxylation is 1. The van der Waals surface area contributed by atoms with Crippen molar-refractivity contribution in [3.63, 3.8) is 0 Å². The molecule has 2 unspecified atom stereocenters. The summed E-state index contributed by atoms with van der Waals surface area (Å²) in [5.41, 5.74) is 2.97. The summed E-state index contributed by atoms with van der Waals surface area (Å²) in [5, 5.41) is 5.63. The van der Waals surface area contributed by atoms with Gasteiger partial charge >= 0.3 is 0 Å². The second-order valence-electron chi connectivity index (χ2n) is 8.00. The number of aromatic nitrogens is 1. The van der Waals surface area contributed by atoms with E-state index in [0.29, 0.717) is 28.4 Å². The number of thiazole rings is 1. The third-order valence-corrected chi connectivity index (χ3v) is 6.39. The number of nitrogens with zero attached hydrogens (tertiary/aromatic N) is 2. The number of rotatable bonds is 4. The van der Waals surface area contributed by atoms with Crippen molar-refractivity contribution in [1.82, 2.24) is 4.98 Å². The topological polar surface area (TPSA) is 97.8 Å². The van der Waals surface area contributed by atoms with Crippen LogP contribution in [0.5, 0.6) is 11.5 Å². The van der Waals surface area contributed by atoms with E-state index in [0.717, 1.165) is 16.3 Å². The molecule has 1 N–H and O–H groups in total. The van der Waals surface area contributed by atoms with Crippen molar-refractivity contribution in [2.24, 2.45) is 0 Å². The van der Waals surface area contributed by atoms with Crippen LogP contribution in [-0.4, -0.2) is 41.3 Å². The average Bonchev–Trinajstić information content (AvgIpc) is 3.23. The van der Waals surface area contributed by atoms with Crippen LogP contribution >= 0.6 is 11.3 Å². The number of Topliss-reactive ketones (excluding diaryl/α,β-unsaturated/α-hetero) is 1. The maximum atomic E-state index is 13.2. The Hall–Kier alpha value is -3.72. The minimum atomic E-state index is -0.713. The number of ketones is 1. The molecule has 2 amide bonds. The van der Waals surface area contributed by atoms with E-state index in [1.807, 2.05) is 24.4 Å². The molecule has 0 spiro atoms. The highest BCUT2D eigenvalue weighted by Gasteiger charge is 2.34. The maximum Gasteiger partial charge on any atom is 0.268 e. The van der Waals surface area contributed by atoms with Crippen molar-refractivity contribution in [2.75, 3.05) is 16.8 Å². The van der Waals surface area contributed by atoms with Gasteiger partial charge < -0.3 is 14.8 Å². The number of carbonyl (C=O) groups excluding carboxylic acids is 3. The molecule has 9 heteroatoms. The van der Waals surface area contributed by atoms with Crippen LogP contribution in [0.2, 0.25) is 0 Å². The van der Waals surface area contributed by atoms with Crippen molar-refractivity contribution >= 4 is 40.3 Å². The zero-order chi connectivity index (χ0) is 23.3. The van der Waals surface area contributed by atoms with Gasteiger partial charge in [-0.25, -0.2) is 4.98 Å². The Kier molecular flexibility index (Phi) is 5.13. The predicted molar refractivity (Wildman–Crippen MR) is 124 cm³/mol. The van der Waals surface area contributed by atoms with E-state index in [1.165, 1.54) is 4.90 Å². The first-order valence-corrected chi connectivity index (χ1v) is 11.4. The van der Waals surface area contributed by atoms with E-state index in [2.05, 4.69) is 10.3 Å². The van der Waals surface area contributed by atoms with E-state index in [4.69, 9.17) is 9.47 Å². The third kappa shape index (κ3) is 3.84. The van der Waals surface area contributed by atoms with Crippen molar-refractivity contribution in [1.29, 1.82) is 0 Å². The Morgan fingerprint density at radius 1 is 1.09 bits per heavy atom. The first kappa shape index (κ1) is 21.1. The van der Waals surface area contributed by atoms with Gasteiger partial charge in [0, 0.05) is 16.5 Å². The summed E-state index contributed by atoms with van der Waals surface area (Å²) in [6.07, 6.45) is -1.31. The minimum absolute atomic E-state index is 0.164. The molecule has 0 bridgehead atoms. The number of anilines is 2. The molecule has 2 aliphatic heterocycles. The molecule has 8 nitrogen and oxygen atoms in total. The van der Waals surface area contributed by atoms with Gasteiger partial charge in [0.1, 0.15) is 11.5 Å². The molecule has 0 saturated heterocycles. The summed E-state index contributed by atoms with van der Waals surface area (Å²) in [6, 6.07) is 10.4. The first-order valence-electron chi connectivity index (χ1n) is 10.5. The molecule has 0 aliphatic carbocycles. The molecule has 2 aromatic carbocycles. The number of benzene rings is 2. The van der Waals surface area contributed by atoms with Gasteiger partial charge in [-0.1, -0.05) is 0 Å². The molecule has 5 rings (SSSR count). The second-order valence-corrected chi connectivity index (χ2v) is 9.06. The molecule has 33 heavy (non-hydrogen) atoms. The van der Waals surface area contributed by atoms with Gasteiger partial charge in [-0.05, 0) is 57.2 Å². The van der Waals surface area contributed by atoms with Crippen LogP contribution in [-0.2, 0) is 9.59 Å². The molecule has 3 aromatic rings. The first-order chi connectivity index (χ1) is 15.8. The number of carbonyl (C=O) groups is 3.